The molecule has 0 aromatic carbocycles. The molecule has 0 aliphatic heterocycles. The van der Waals surface area contributed by atoms with Crippen LogP contribution in [-0.2, 0) is 19.4 Å². The van der Waals surface area contributed by atoms with E-state index in [9.17, 15) is 0 Å². The Morgan fingerprint density at radius 3 is 2.95 bits per heavy atom. The van der Waals surface area contributed by atoms with E-state index in [1.807, 2.05) is 16.8 Å². The molecular formula is C16H26N4O. The Hall–Kier alpha value is -1.62. The number of rotatable bonds is 10. The molecule has 1 atom stereocenters. The smallest absolute Gasteiger partial charge is 0.138 e. The zero-order chi connectivity index (χ0) is 14.9. The van der Waals surface area contributed by atoms with E-state index in [1.54, 1.807) is 12.6 Å². The van der Waals surface area contributed by atoms with Crippen LogP contribution < -0.4 is 5.32 Å². The van der Waals surface area contributed by atoms with Crippen molar-refractivity contribution in [2.24, 2.45) is 0 Å². The van der Waals surface area contributed by atoms with E-state index in [-0.39, 0.29) is 0 Å². The molecule has 5 heteroatoms. The number of aromatic nitrogens is 3. The highest BCUT2D eigenvalue weighted by molar-refractivity contribution is 4.99. The third-order valence-corrected chi connectivity index (χ3v) is 3.56. The molecule has 0 saturated heterocycles. The molecule has 2 rings (SSSR count). The van der Waals surface area contributed by atoms with Crippen LogP contribution in [0.5, 0.6) is 0 Å². The van der Waals surface area contributed by atoms with Gasteiger partial charge >= 0.3 is 0 Å². The van der Waals surface area contributed by atoms with Crippen LogP contribution in [0.4, 0.5) is 0 Å². The molecule has 0 radical (unpaired) electrons. The van der Waals surface area contributed by atoms with Crippen LogP contribution in [0.3, 0.4) is 0 Å². The molecule has 2 aromatic heterocycles. The van der Waals surface area contributed by atoms with Crippen LogP contribution in [0, 0.1) is 0 Å². The lowest BCUT2D eigenvalue weighted by Crippen LogP contribution is -2.33. The molecule has 2 heterocycles. The summed E-state index contributed by atoms with van der Waals surface area (Å²) in [5.41, 5.74) is 0. The Bertz CT molecular complexity index is 492. The van der Waals surface area contributed by atoms with Gasteiger partial charge in [0, 0.05) is 25.4 Å². The third kappa shape index (κ3) is 5.01. The Morgan fingerprint density at radius 2 is 2.24 bits per heavy atom. The van der Waals surface area contributed by atoms with Crippen LogP contribution in [-0.4, -0.2) is 27.4 Å². The highest BCUT2D eigenvalue weighted by Gasteiger charge is 2.14. The SMILES string of the molecule is CCCNC(CCc1ccco1)Cc1ncnn1CCC. The van der Waals surface area contributed by atoms with Gasteiger partial charge < -0.3 is 9.73 Å². The Labute approximate surface area is 126 Å². The lowest BCUT2D eigenvalue weighted by Gasteiger charge is -2.18. The van der Waals surface area contributed by atoms with Crippen LogP contribution in [0.1, 0.15) is 44.7 Å². The average Bonchev–Trinajstić information content (AvgIpc) is 3.14. The fourth-order valence-corrected chi connectivity index (χ4v) is 2.46. The number of aryl methyl sites for hydroxylation is 2. The summed E-state index contributed by atoms with van der Waals surface area (Å²) in [5, 5.41) is 7.93. The Morgan fingerprint density at radius 1 is 1.33 bits per heavy atom. The monoisotopic (exact) mass is 290 g/mol. The first-order valence-corrected chi connectivity index (χ1v) is 7.96. The van der Waals surface area contributed by atoms with Crippen LogP contribution >= 0.6 is 0 Å². The van der Waals surface area contributed by atoms with Crippen LogP contribution in [0.2, 0.25) is 0 Å². The minimum atomic E-state index is 0.412. The van der Waals surface area contributed by atoms with Crippen molar-refractivity contribution in [3.05, 3.63) is 36.3 Å². The number of hydrogen-bond donors (Lipinski definition) is 1. The predicted molar refractivity (Wildman–Crippen MR) is 83.1 cm³/mol. The zero-order valence-corrected chi connectivity index (χ0v) is 13.1. The van der Waals surface area contributed by atoms with Gasteiger partial charge in [0.1, 0.15) is 17.9 Å². The van der Waals surface area contributed by atoms with Crippen LogP contribution in [0.15, 0.2) is 29.1 Å². The molecular weight excluding hydrogens is 264 g/mol. The minimum Gasteiger partial charge on any atom is -0.469 e. The largest absolute Gasteiger partial charge is 0.469 e. The van der Waals surface area contributed by atoms with E-state index >= 15 is 0 Å². The van der Waals surface area contributed by atoms with Gasteiger partial charge in [-0.1, -0.05) is 13.8 Å². The molecule has 0 aliphatic carbocycles. The summed E-state index contributed by atoms with van der Waals surface area (Å²) in [7, 11) is 0. The molecule has 1 unspecified atom stereocenters. The number of furan rings is 1. The summed E-state index contributed by atoms with van der Waals surface area (Å²) in [4.78, 5) is 4.42. The summed E-state index contributed by atoms with van der Waals surface area (Å²) in [6.45, 7) is 6.32. The van der Waals surface area contributed by atoms with Gasteiger partial charge in [-0.15, -0.1) is 0 Å². The van der Waals surface area contributed by atoms with Gasteiger partial charge in [-0.25, -0.2) is 4.98 Å². The van der Waals surface area contributed by atoms with Crippen molar-refractivity contribution in [3.63, 3.8) is 0 Å². The molecule has 0 fully saturated rings. The molecule has 5 nitrogen and oxygen atoms in total. The van der Waals surface area contributed by atoms with Crippen molar-refractivity contribution in [1.29, 1.82) is 0 Å². The lowest BCUT2D eigenvalue weighted by molar-refractivity contribution is 0.427. The Balaban J connectivity index is 1.92. The molecule has 1 N–H and O–H groups in total. The second-order valence-electron chi connectivity index (χ2n) is 5.37. The van der Waals surface area contributed by atoms with Gasteiger partial charge in [0.25, 0.3) is 0 Å². The maximum Gasteiger partial charge on any atom is 0.138 e. The van der Waals surface area contributed by atoms with Crippen molar-refractivity contribution in [2.75, 3.05) is 6.54 Å². The standard InChI is InChI=1S/C16H26N4O/c1-3-9-17-14(7-8-15-6-5-11-21-15)12-16-18-13-19-20(16)10-4-2/h5-6,11,13-14,17H,3-4,7-10,12H2,1-2H3. The topological polar surface area (TPSA) is 55.9 Å². The van der Waals surface area contributed by atoms with Crippen molar-refractivity contribution < 1.29 is 4.42 Å². The van der Waals surface area contributed by atoms with E-state index < -0.39 is 0 Å². The first-order chi connectivity index (χ1) is 10.3. The summed E-state index contributed by atoms with van der Waals surface area (Å²) in [6.07, 6.45) is 8.54. The van der Waals surface area contributed by atoms with Gasteiger partial charge in [-0.05, 0) is 37.9 Å². The van der Waals surface area contributed by atoms with E-state index in [0.717, 1.165) is 56.8 Å². The molecule has 0 saturated carbocycles. The second-order valence-corrected chi connectivity index (χ2v) is 5.37. The van der Waals surface area contributed by atoms with Gasteiger partial charge in [0.2, 0.25) is 0 Å². The van der Waals surface area contributed by atoms with E-state index in [4.69, 9.17) is 4.42 Å². The van der Waals surface area contributed by atoms with E-state index in [0.29, 0.717) is 6.04 Å². The summed E-state index contributed by atoms with van der Waals surface area (Å²) < 4.78 is 7.45. The van der Waals surface area contributed by atoms with Crippen LogP contribution in [0.25, 0.3) is 0 Å². The molecule has 0 aliphatic rings. The van der Waals surface area contributed by atoms with Gasteiger partial charge in [-0.2, -0.15) is 5.10 Å². The Kier molecular flexibility index (Phi) is 6.47. The fraction of sp³-hybridized carbons (Fsp3) is 0.625. The molecule has 0 spiro atoms. The summed E-state index contributed by atoms with van der Waals surface area (Å²) in [6, 6.07) is 4.40. The molecule has 21 heavy (non-hydrogen) atoms. The van der Waals surface area contributed by atoms with Crippen molar-refractivity contribution in [1.82, 2.24) is 20.1 Å². The third-order valence-electron chi connectivity index (χ3n) is 3.56. The maximum atomic E-state index is 5.42. The van der Waals surface area contributed by atoms with E-state index in [1.165, 1.54) is 0 Å². The maximum absolute atomic E-state index is 5.42. The fourth-order valence-electron chi connectivity index (χ4n) is 2.46. The molecule has 2 aromatic rings. The quantitative estimate of drug-likeness (QED) is 0.731. The lowest BCUT2D eigenvalue weighted by atomic mass is 10.1. The number of nitrogens with zero attached hydrogens (tertiary/aromatic N) is 3. The minimum absolute atomic E-state index is 0.412. The van der Waals surface area contributed by atoms with E-state index in [2.05, 4.69) is 29.2 Å². The molecule has 0 amide bonds. The highest BCUT2D eigenvalue weighted by atomic mass is 16.3. The number of nitrogens with one attached hydrogen (secondary N) is 1. The van der Waals surface area contributed by atoms with Gasteiger partial charge in [0.15, 0.2) is 0 Å². The second kappa shape index (κ2) is 8.62. The first-order valence-electron chi connectivity index (χ1n) is 7.96. The number of hydrogen-bond acceptors (Lipinski definition) is 4. The summed E-state index contributed by atoms with van der Waals surface area (Å²) in [5.74, 6) is 2.12. The summed E-state index contributed by atoms with van der Waals surface area (Å²) >= 11 is 0. The van der Waals surface area contributed by atoms with Crippen molar-refractivity contribution in [3.8, 4) is 0 Å². The van der Waals surface area contributed by atoms with Crippen molar-refractivity contribution in [2.45, 2.75) is 58.5 Å². The normalized spacial score (nSPS) is 12.7. The average molecular weight is 290 g/mol. The predicted octanol–water partition coefficient (Wildman–Crippen LogP) is 2.82. The zero-order valence-electron chi connectivity index (χ0n) is 13.1. The van der Waals surface area contributed by atoms with Gasteiger partial charge in [0.05, 0.1) is 6.26 Å². The van der Waals surface area contributed by atoms with Crippen molar-refractivity contribution >= 4 is 0 Å². The molecule has 116 valence electrons. The molecule has 0 bridgehead atoms. The van der Waals surface area contributed by atoms with Gasteiger partial charge in [-0.3, -0.25) is 4.68 Å². The first kappa shape index (κ1) is 15.8. The highest BCUT2D eigenvalue weighted by Crippen LogP contribution is 2.10.